The van der Waals surface area contributed by atoms with Gasteiger partial charge in [-0.25, -0.2) is 0 Å². The lowest BCUT2D eigenvalue weighted by molar-refractivity contribution is -0.121. The van der Waals surface area contributed by atoms with Crippen molar-refractivity contribution < 1.29 is 9.53 Å². The number of hydrogen-bond donors (Lipinski definition) is 3. The SMILES string of the molecule is CN=C(NCCCOC(C)c1ccccc1)NCCC(=O)NC1CCCC1. The molecule has 0 spiro atoms. The molecule has 6 nitrogen and oxygen atoms in total. The number of hydrogen-bond acceptors (Lipinski definition) is 3. The Balaban J connectivity index is 1.51. The molecular weight excluding hydrogens is 340 g/mol. The van der Waals surface area contributed by atoms with Crippen LogP contribution >= 0.6 is 0 Å². The highest BCUT2D eigenvalue weighted by Crippen LogP contribution is 2.17. The first-order valence-electron chi connectivity index (χ1n) is 10.1. The third-order valence-corrected chi connectivity index (χ3v) is 4.84. The largest absolute Gasteiger partial charge is 0.374 e. The highest BCUT2D eigenvalue weighted by Gasteiger charge is 2.16. The van der Waals surface area contributed by atoms with E-state index in [4.69, 9.17) is 4.74 Å². The summed E-state index contributed by atoms with van der Waals surface area (Å²) in [4.78, 5) is 16.1. The summed E-state index contributed by atoms with van der Waals surface area (Å²) in [6.07, 6.45) is 6.15. The van der Waals surface area contributed by atoms with Crippen molar-refractivity contribution in [2.45, 2.75) is 57.6 Å². The minimum Gasteiger partial charge on any atom is -0.374 e. The summed E-state index contributed by atoms with van der Waals surface area (Å²) in [7, 11) is 1.74. The van der Waals surface area contributed by atoms with Crippen molar-refractivity contribution in [2.24, 2.45) is 4.99 Å². The lowest BCUT2D eigenvalue weighted by Gasteiger charge is -2.15. The molecule has 1 unspecified atom stereocenters. The van der Waals surface area contributed by atoms with E-state index in [9.17, 15) is 4.79 Å². The second kappa shape index (κ2) is 12.3. The highest BCUT2D eigenvalue weighted by atomic mass is 16.5. The van der Waals surface area contributed by atoms with E-state index in [2.05, 4.69) is 40.0 Å². The molecule has 2 rings (SSSR count). The minimum atomic E-state index is 0.0991. The zero-order chi connectivity index (χ0) is 19.3. The first-order valence-corrected chi connectivity index (χ1v) is 10.1. The Morgan fingerprint density at radius 2 is 1.89 bits per heavy atom. The van der Waals surface area contributed by atoms with Crippen LogP contribution in [0.15, 0.2) is 35.3 Å². The zero-order valence-electron chi connectivity index (χ0n) is 16.7. The highest BCUT2D eigenvalue weighted by molar-refractivity contribution is 5.81. The van der Waals surface area contributed by atoms with Crippen LogP contribution in [-0.2, 0) is 9.53 Å². The first-order chi connectivity index (χ1) is 13.2. The fourth-order valence-corrected chi connectivity index (χ4v) is 3.24. The fraction of sp³-hybridized carbons (Fsp3) is 0.619. The third kappa shape index (κ3) is 8.43. The number of rotatable bonds is 10. The smallest absolute Gasteiger partial charge is 0.221 e. The number of aliphatic imine (C=N–C) groups is 1. The van der Waals surface area contributed by atoms with Crippen LogP contribution in [0, 0.1) is 0 Å². The van der Waals surface area contributed by atoms with Crippen molar-refractivity contribution in [2.75, 3.05) is 26.7 Å². The molecule has 1 atom stereocenters. The van der Waals surface area contributed by atoms with Gasteiger partial charge < -0.3 is 20.7 Å². The van der Waals surface area contributed by atoms with Crippen molar-refractivity contribution >= 4 is 11.9 Å². The van der Waals surface area contributed by atoms with Crippen LogP contribution in [0.25, 0.3) is 0 Å². The first kappa shape index (κ1) is 21.2. The van der Waals surface area contributed by atoms with Crippen molar-refractivity contribution in [3.63, 3.8) is 0 Å². The molecule has 0 bridgehead atoms. The van der Waals surface area contributed by atoms with Gasteiger partial charge in [0.2, 0.25) is 5.91 Å². The quantitative estimate of drug-likeness (QED) is 0.334. The van der Waals surface area contributed by atoms with Crippen molar-refractivity contribution in [1.29, 1.82) is 0 Å². The van der Waals surface area contributed by atoms with Crippen molar-refractivity contribution in [3.8, 4) is 0 Å². The van der Waals surface area contributed by atoms with Crippen LogP contribution in [0.5, 0.6) is 0 Å². The molecule has 150 valence electrons. The standard InChI is InChI=1S/C21H34N4O2/c1-17(18-9-4-3-5-10-18)27-16-8-14-23-21(22-2)24-15-13-20(26)25-19-11-6-7-12-19/h3-5,9-10,17,19H,6-8,11-16H2,1-2H3,(H,25,26)(H2,22,23,24). The molecule has 0 saturated heterocycles. The van der Waals surface area contributed by atoms with Gasteiger partial charge in [-0.05, 0) is 31.7 Å². The van der Waals surface area contributed by atoms with Gasteiger partial charge in [0.1, 0.15) is 0 Å². The van der Waals surface area contributed by atoms with E-state index in [1.807, 2.05) is 18.2 Å². The molecule has 1 aliphatic carbocycles. The van der Waals surface area contributed by atoms with Crippen LogP contribution in [-0.4, -0.2) is 44.7 Å². The molecule has 1 amide bonds. The maximum Gasteiger partial charge on any atom is 0.221 e. The number of carbonyl (C=O) groups is 1. The fourth-order valence-electron chi connectivity index (χ4n) is 3.24. The monoisotopic (exact) mass is 374 g/mol. The maximum atomic E-state index is 11.9. The molecule has 0 aromatic heterocycles. The summed E-state index contributed by atoms with van der Waals surface area (Å²) in [5.41, 5.74) is 1.19. The molecule has 1 aromatic carbocycles. The Kier molecular flexibility index (Phi) is 9.69. The number of nitrogens with zero attached hydrogens (tertiary/aromatic N) is 1. The van der Waals surface area contributed by atoms with E-state index in [0.29, 0.717) is 25.6 Å². The number of guanidine groups is 1. The van der Waals surface area contributed by atoms with Gasteiger partial charge in [-0.15, -0.1) is 0 Å². The van der Waals surface area contributed by atoms with Crippen LogP contribution in [0.3, 0.4) is 0 Å². The van der Waals surface area contributed by atoms with E-state index in [1.54, 1.807) is 7.05 Å². The molecule has 6 heteroatoms. The Morgan fingerprint density at radius 1 is 1.19 bits per heavy atom. The zero-order valence-corrected chi connectivity index (χ0v) is 16.7. The van der Waals surface area contributed by atoms with Gasteiger partial charge in [-0.1, -0.05) is 43.2 Å². The summed E-state index contributed by atoms with van der Waals surface area (Å²) in [6, 6.07) is 10.6. The number of nitrogens with one attached hydrogen (secondary N) is 3. The van der Waals surface area contributed by atoms with Crippen LogP contribution in [0.1, 0.15) is 57.1 Å². The molecule has 1 saturated carbocycles. The molecule has 0 heterocycles. The van der Waals surface area contributed by atoms with Gasteiger partial charge in [-0.2, -0.15) is 0 Å². The Hall–Kier alpha value is -2.08. The van der Waals surface area contributed by atoms with Crippen LogP contribution in [0.4, 0.5) is 0 Å². The molecule has 1 fully saturated rings. The second-order valence-electron chi connectivity index (χ2n) is 7.00. The Bertz CT molecular complexity index is 571. The van der Waals surface area contributed by atoms with E-state index in [-0.39, 0.29) is 12.0 Å². The van der Waals surface area contributed by atoms with Gasteiger partial charge in [0.05, 0.1) is 6.10 Å². The second-order valence-corrected chi connectivity index (χ2v) is 7.00. The molecule has 0 radical (unpaired) electrons. The summed E-state index contributed by atoms with van der Waals surface area (Å²) < 4.78 is 5.87. The third-order valence-electron chi connectivity index (χ3n) is 4.84. The average Bonchev–Trinajstić information content (AvgIpc) is 3.19. The van der Waals surface area contributed by atoms with Crippen LogP contribution in [0.2, 0.25) is 0 Å². The Morgan fingerprint density at radius 3 is 2.59 bits per heavy atom. The molecule has 0 aliphatic heterocycles. The molecular formula is C21H34N4O2. The molecule has 27 heavy (non-hydrogen) atoms. The summed E-state index contributed by atoms with van der Waals surface area (Å²) in [6.45, 7) is 4.11. The van der Waals surface area contributed by atoms with E-state index in [0.717, 1.165) is 31.8 Å². The van der Waals surface area contributed by atoms with Gasteiger partial charge >= 0.3 is 0 Å². The van der Waals surface area contributed by atoms with Crippen molar-refractivity contribution in [1.82, 2.24) is 16.0 Å². The molecule has 3 N–H and O–H groups in total. The number of ether oxygens (including phenoxy) is 1. The topological polar surface area (TPSA) is 74.8 Å². The lowest BCUT2D eigenvalue weighted by Crippen LogP contribution is -2.40. The number of carbonyl (C=O) groups excluding carboxylic acids is 1. The van der Waals surface area contributed by atoms with Gasteiger partial charge in [0.25, 0.3) is 0 Å². The predicted octanol–water partition coefficient (Wildman–Crippen LogP) is 2.77. The number of benzene rings is 1. The number of amides is 1. The van der Waals surface area contributed by atoms with E-state index in [1.165, 1.54) is 18.4 Å². The summed E-state index contributed by atoms with van der Waals surface area (Å²) >= 11 is 0. The van der Waals surface area contributed by atoms with Gasteiger partial charge in [0.15, 0.2) is 5.96 Å². The predicted molar refractivity (Wildman–Crippen MR) is 110 cm³/mol. The average molecular weight is 375 g/mol. The normalized spacial score (nSPS) is 16.1. The summed E-state index contributed by atoms with van der Waals surface area (Å²) in [5, 5.41) is 9.54. The van der Waals surface area contributed by atoms with Crippen LogP contribution < -0.4 is 16.0 Å². The van der Waals surface area contributed by atoms with Gasteiger partial charge in [-0.3, -0.25) is 9.79 Å². The van der Waals surface area contributed by atoms with Crippen molar-refractivity contribution in [3.05, 3.63) is 35.9 Å². The molecule has 1 aliphatic rings. The van der Waals surface area contributed by atoms with E-state index < -0.39 is 0 Å². The minimum absolute atomic E-state index is 0.0991. The lowest BCUT2D eigenvalue weighted by atomic mass is 10.1. The van der Waals surface area contributed by atoms with Gasteiger partial charge in [0, 0.05) is 39.2 Å². The maximum absolute atomic E-state index is 11.9. The Labute approximate surface area is 163 Å². The summed E-state index contributed by atoms with van der Waals surface area (Å²) in [5.74, 6) is 0.841. The molecule has 1 aromatic rings. The van der Waals surface area contributed by atoms with E-state index >= 15 is 0 Å².